The zero-order valence-electron chi connectivity index (χ0n) is 16.9. The van der Waals surface area contributed by atoms with Crippen LogP contribution in [0, 0.1) is 0 Å². The molecule has 3 heterocycles. The van der Waals surface area contributed by atoms with E-state index in [1.807, 2.05) is 58.6 Å². The standard InChI is InChI=1S/C22H24N6O/c1-4-26(15-17-8-6-5-7-9-17)22(29)20-19-14-23-12-13-27(19)21(25-20)18-10-11-24-28(18)16(2)3/h5-14,16H,4,15H2,1-3H3. The lowest BCUT2D eigenvalue weighted by molar-refractivity contribution is 0.0749. The number of carbonyl (C=O) groups excluding carboxylic acids is 1. The van der Waals surface area contributed by atoms with Gasteiger partial charge in [-0.3, -0.25) is 18.9 Å². The zero-order valence-corrected chi connectivity index (χ0v) is 16.9. The van der Waals surface area contributed by atoms with Gasteiger partial charge in [-0.2, -0.15) is 5.10 Å². The number of rotatable bonds is 6. The summed E-state index contributed by atoms with van der Waals surface area (Å²) in [7, 11) is 0. The van der Waals surface area contributed by atoms with Gasteiger partial charge in [-0.05, 0) is 32.4 Å². The van der Waals surface area contributed by atoms with E-state index in [0.717, 1.165) is 11.3 Å². The second-order valence-corrected chi connectivity index (χ2v) is 7.18. The molecule has 4 rings (SSSR count). The van der Waals surface area contributed by atoms with Gasteiger partial charge in [-0.1, -0.05) is 30.3 Å². The van der Waals surface area contributed by atoms with Gasteiger partial charge in [-0.25, -0.2) is 4.98 Å². The van der Waals surface area contributed by atoms with Gasteiger partial charge in [0.05, 0.1) is 11.7 Å². The molecule has 148 valence electrons. The Kier molecular flexibility index (Phi) is 5.12. The van der Waals surface area contributed by atoms with Crippen LogP contribution in [-0.4, -0.2) is 41.5 Å². The van der Waals surface area contributed by atoms with Crippen LogP contribution in [0.2, 0.25) is 0 Å². The lowest BCUT2D eigenvalue weighted by atomic mass is 10.2. The first-order valence-corrected chi connectivity index (χ1v) is 9.79. The fourth-order valence-electron chi connectivity index (χ4n) is 3.46. The highest BCUT2D eigenvalue weighted by Crippen LogP contribution is 2.25. The Morgan fingerprint density at radius 2 is 1.93 bits per heavy atom. The molecule has 4 aromatic rings. The molecule has 0 aliphatic rings. The van der Waals surface area contributed by atoms with Crippen LogP contribution in [0.1, 0.15) is 42.9 Å². The largest absolute Gasteiger partial charge is 0.333 e. The molecule has 0 aliphatic carbocycles. The van der Waals surface area contributed by atoms with Crippen molar-refractivity contribution in [1.82, 2.24) is 29.0 Å². The van der Waals surface area contributed by atoms with Gasteiger partial charge in [-0.15, -0.1) is 0 Å². The molecular weight excluding hydrogens is 364 g/mol. The molecule has 0 atom stereocenters. The maximum atomic E-state index is 13.4. The third-order valence-corrected chi connectivity index (χ3v) is 4.92. The van der Waals surface area contributed by atoms with E-state index >= 15 is 0 Å². The number of imidazole rings is 1. The summed E-state index contributed by atoms with van der Waals surface area (Å²) in [5.41, 5.74) is 3.05. The minimum absolute atomic E-state index is 0.108. The Balaban J connectivity index is 1.78. The van der Waals surface area contributed by atoms with Crippen molar-refractivity contribution < 1.29 is 4.79 Å². The Bertz CT molecular complexity index is 1130. The van der Waals surface area contributed by atoms with Crippen LogP contribution in [0.5, 0.6) is 0 Å². The summed E-state index contributed by atoms with van der Waals surface area (Å²) < 4.78 is 3.82. The molecular formula is C22H24N6O. The molecule has 0 aliphatic heterocycles. The molecule has 29 heavy (non-hydrogen) atoms. The molecule has 0 saturated heterocycles. The minimum atomic E-state index is -0.108. The Labute approximate surface area is 169 Å². The molecule has 0 N–H and O–H groups in total. The first-order valence-electron chi connectivity index (χ1n) is 9.79. The van der Waals surface area contributed by atoms with Crippen molar-refractivity contribution in [2.24, 2.45) is 0 Å². The third kappa shape index (κ3) is 3.51. The lowest BCUT2D eigenvalue weighted by Crippen LogP contribution is -2.30. The summed E-state index contributed by atoms with van der Waals surface area (Å²) in [5.74, 6) is 0.580. The maximum Gasteiger partial charge on any atom is 0.275 e. The van der Waals surface area contributed by atoms with Crippen LogP contribution in [0.25, 0.3) is 17.0 Å². The zero-order chi connectivity index (χ0) is 20.4. The van der Waals surface area contributed by atoms with Gasteiger partial charge < -0.3 is 4.90 Å². The minimum Gasteiger partial charge on any atom is -0.333 e. The first kappa shape index (κ1) is 18.9. The predicted molar refractivity (Wildman–Crippen MR) is 111 cm³/mol. The lowest BCUT2D eigenvalue weighted by Gasteiger charge is -2.20. The van der Waals surface area contributed by atoms with Gasteiger partial charge in [0.1, 0.15) is 5.69 Å². The topological polar surface area (TPSA) is 68.3 Å². The summed E-state index contributed by atoms with van der Waals surface area (Å²) in [6.07, 6.45) is 6.98. The molecule has 0 spiro atoms. The van der Waals surface area contributed by atoms with Crippen LogP contribution in [0.4, 0.5) is 0 Å². The number of nitrogens with zero attached hydrogens (tertiary/aromatic N) is 6. The third-order valence-electron chi connectivity index (χ3n) is 4.92. The van der Waals surface area contributed by atoms with E-state index in [9.17, 15) is 4.79 Å². The Morgan fingerprint density at radius 3 is 2.66 bits per heavy atom. The molecule has 3 aromatic heterocycles. The van der Waals surface area contributed by atoms with E-state index < -0.39 is 0 Å². The average Bonchev–Trinajstić information content (AvgIpc) is 3.37. The molecule has 0 fully saturated rings. The fourth-order valence-corrected chi connectivity index (χ4v) is 3.46. The van der Waals surface area contributed by atoms with Crippen molar-refractivity contribution in [2.75, 3.05) is 6.54 Å². The van der Waals surface area contributed by atoms with Crippen molar-refractivity contribution in [3.63, 3.8) is 0 Å². The van der Waals surface area contributed by atoms with Gasteiger partial charge in [0.2, 0.25) is 0 Å². The van der Waals surface area contributed by atoms with Crippen LogP contribution >= 0.6 is 0 Å². The summed E-state index contributed by atoms with van der Waals surface area (Å²) >= 11 is 0. The van der Waals surface area contributed by atoms with E-state index in [1.165, 1.54) is 0 Å². The average molecular weight is 388 g/mol. The Morgan fingerprint density at radius 1 is 1.14 bits per heavy atom. The quantitative estimate of drug-likeness (QED) is 0.503. The van der Waals surface area contributed by atoms with Crippen molar-refractivity contribution in [3.05, 3.63) is 72.4 Å². The number of fused-ring (bicyclic) bond motifs is 1. The van der Waals surface area contributed by atoms with Crippen LogP contribution in [-0.2, 0) is 6.54 Å². The van der Waals surface area contributed by atoms with Crippen molar-refractivity contribution in [1.29, 1.82) is 0 Å². The van der Waals surface area contributed by atoms with E-state index in [4.69, 9.17) is 4.98 Å². The molecule has 1 aromatic carbocycles. The molecule has 7 nitrogen and oxygen atoms in total. The van der Waals surface area contributed by atoms with E-state index in [0.29, 0.717) is 30.1 Å². The number of carbonyl (C=O) groups is 1. The summed E-state index contributed by atoms with van der Waals surface area (Å²) in [4.78, 5) is 24.2. The van der Waals surface area contributed by atoms with Gasteiger partial charge in [0.15, 0.2) is 11.5 Å². The van der Waals surface area contributed by atoms with Gasteiger partial charge in [0.25, 0.3) is 5.91 Å². The van der Waals surface area contributed by atoms with Crippen molar-refractivity contribution in [3.8, 4) is 11.5 Å². The summed E-state index contributed by atoms with van der Waals surface area (Å²) in [6, 6.07) is 12.1. The van der Waals surface area contributed by atoms with E-state index in [-0.39, 0.29) is 11.9 Å². The summed E-state index contributed by atoms with van der Waals surface area (Å²) in [6.45, 7) is 7.24. The SMILES string of the molecule is CCN(Cc1ccccc1)C(=O)c1nc(-c2ccnn2C(C)C)n2ccncc12. The maximum absolute atomic E-state index is 13.4. The van der Waals surface area contributed by atoms with E-state index in [1.54, 1.807) is 23.5 Å². The van der Waals surface area contributed by atoms with Crippen LogP contribution in [0.3, 0.4) is 0 Å². The Hall–Kier alpha value is -3.48. The van der Waals surface area contributed by atoms with Gasteiger partial charge >= 0.3 is 0 Å². The first-order chi connectivity index (χ1) is 14.1. The van der Waals surface area contributed by atoms with Crippen LogP contribution < -0.4 is 0 Å². The van der Waals surface area contributed by atoms with Crippen molar-refractivity contribution >= 4 is 11.4 Å². The van der Waals surface area contributed by atoms with Crippen LogP contribution in [0.15, 0.2) is 61.2 Å². The smallest absolute Gasteiger partial charge is 0.275 e. The number of hydrogen-bond donors (Lipinski definition) is 0. The fraction of sp³-hybridized carbons (Fsp3) is 0.273. The van der Waals surface area contributed by atoms with Crippen molar-refractivity contribution in [2.45, 2.75) is 33.4 Å². The van der Waals surface area contributed by atoms with E-state index in [2.05, 4.69) is 23.9 Å². The highest BCUT2D eigenvalue weighted by molar-refractivity contribution is 5.99. The highest BCUT2D eigenvalue weighted by atomic mass is 16.2. The number of benzene rings is 1. The monoisotopic (exact) mass is 388 g/mol. The number of hydrogen-bond acceptors (Lipinski definition) is 4. The molecule has 7 heteroatoms. The molecule has 0 unspecified atom stereocenters. The molecule has 0 saturated carbocycles. The second kappa shape index (κ2) is 7.87. The predicted octanol–water partition coefficient (Wildman–Crippen LogP) is 3.84. The molecule has 1 amide bonds. The second-order valence-electron chi connectivity index (χ2n) is 7.18. The van der Waals surface area contributed by atoms with Gasteiger partial charge in [0, 0.05) is 37.7 Å². The summed E-state index contributed by atoms with van der Waals surface area (Å²) in [5, 5.41) is 4.41. The number of amides is 1. The highest BCUT2D eigenvalue weighted by Gasteiger charge is 2.24. The molecule has 0 bridgehead atoms. The molecule has 0 radical (unpaired) electrons. The normalized spacial score (nSPS) is 11.3. The number of aromatic nitrogens is 5.